The van der Waals surface area contributed by atoms with E-state index in [9.17, 15) is 9.59 Å². The van der Waals surface area contributed by atoms with Gasteiger partial charge in [-0.25, -0.2) is 14.1 Å². The number of methoxy groups -OCH3 is 1. The lowest BCUT2D eigenvalue weighted by atomic mass is 9.95. The second-order valence-corrected chi connectivity index (χ2v) is 9.84. The zero-order valence-electron chi connectivity index (χ0n) is 19.7. The van der Waals surface area contributed by atoms with Gasteiger partial charge in [0.15, 0.2) is 0 Å². The maximum Gasteiger partial charge on any atom is 0.407 e. The van der Waals surface area contributed by atoms with E-state index in [1.54, 1.807) is 18.1 Å². The SMILES string of the molecule is C/C=C(\CNC(=O)OC(C)(C)C)COc1ccc(SN2CCC(CC(=O)OC)CC2)cn1. The minimum Gasteiger partial charge on any atom is -0.473 e. The number of carbonyl (C=O) groups excluding carboxylic acids is 2. The smallest absolute Gasteiger partial charge is 0.407 e. The Kier molecular flexibility index (Phi) is 10.3. The molecule has 1 aliphatic heterocycles. The highest BCUT2D eigenvalue weighted by Crippen LogP contribution is 2.30. The standard InChI is InChI=1S/C23H35N3O5S/c1-6-17(14-25-22(28)31-23(2,3)4)16-30-20-8-7-19(15-24-20)32-26-11-9-18(10-12-26)13-21(27)29-5/h6-8,15,18H,9-14,16H2,1-5H3,(H,25,28)/b17-6+. The molecule has 0 saturated carbocycles. The van der Waals surface area contributed by atoms with Gasteiger partial charge in [0.2, 0.25) is 5.88 Å². The Labute approximate surface area is 195 Å². The van der Waals surface area contributed by atoms with Crippen LogP contribution in [0.3, 0.4) is 0 Å². The fraction of sp³-hybridized carbons (Fsp3) is 0.609. The molecule has 0 atom stereocenters. The highest BCUT2D eigenvalue weighted by Gasteiger charge is 2.22. The quantitative estimate of drug-likeness (QED) is 0.329. The fourth-order valence-corrected chi connectivity index (χ4v) is 4.00. The summed E-state index contributed by atoms with van der Waals surface area (Å²) in [6, 6.07) is 3.84. The van der Waals surface area contributed by atoms with Crippen LogP contribution in [0.5, 0.6) is 5.88 Å². The second-order valence-electron chi connectivity index (χ2n) is 8.67. The molecule has 1 aliphatic rings. The van der Waals surface area contributed by atoms with Crippen LogP contribution in [-0.2, 0) is 14.3 Å². The number of allylic oxidation sites excluding steroid dienone is 1. The average Bonchev–Trinajstić information content (AvgIpc) is 2.75. The van der Waals surface area contributed by atoms with E-state index in [4.69, 9.17) is 14.2 Å². The molecule has 1 saturated heterocycles. The van der Waals surface area contributed by atoms with Crippen molar-refractivity contribution in [2.24, 2.45) is 5.92 Å². The molecule has 0 aromatic carbocycles. The molecular weight excluding hydrogens is 430 g/mol. The van der Waals surface area contributed by atoms with Crippen molar-refractivity contribution in [3.05, 3.63) is 30.0 Å². The molecule has 0 aliphatic carbocycles. The number of nitrogens with zero attached hydrogens (tertiary/aromatic N) is 2. The van der Waals surface area contributed by atoms with E-state index in [1.807, 2.05) is 45.9 Å². The minimum absolute atomic E-state index is 0.127. The van der Waals surface area contributed by atoms with Crippen molar-refractivity contribution in [1.82, 2.24) is 14.6 Å². The number of esters is 1. The Balaban J connectivity index is 1.72. The molecule has 0 bridgehead atoms. The molecular formula is C23H35N3O5S. The Hall–Kier alpha value is -2.26. The molecule has 0 radical (unpaired) electrons. The summed E-state index contributed by atoms with van der Waals surface area (Å²) in [5, 5.41) is 2.73. The normalized spacial score (nSPS) is 15.8. The lowest BCUT2D eigenvalue weighted by Crippen LogP contribution is -2.34. The van der Waals surface area contributed by atoms with Gasteiger partial charge in [-0.05, 0) is 70.0 Å². The van der Waals surface area contributed by atoms with E-state index in [0.29, 0.717) is 31.4 Å². The molecule has 1 aromatic rings. The molecule has 0 spiro atoms. The number of aromatic nitrogens is 1. The molecule has 9 heteroatoms. The van der Waals surface area contributed by atoms with Crippen molar-refractivity contribution in [1.29, 1.82) is 0 Å². The third kappa shape index (κ3) is 9.91. The minimum atomic E-state index is -0.528. The van der Waals surface area contributed by atoms with E-state index < -0.39 is 11.7 Å². The molecule has 178 valence electrons. The highest BCUT2D eigenvalue weighted by atomic mass is 32.2. The summed E-state index contributed by atoms with van der Waals surface area (Å²) in [6.07, 6.45) is 5.73. The number of hydrogen-bond donors (Lipinski definition) is 1. The molecule has 1 N–H and O–H groups in total. The van der Waals surface area contributed by atoms with Gasteiger partial charge in [-0.15, -0.1) is 0 Å². The van der Waals surface area contributed by atoms with Crippen LogP contribution in [0.25, 0.3) is 0 Å². The van der Waals surface area contributed by atoms with E-state index in [0.717, 1.165) is 36.4 Å². The van der Waals surface area contributed by atoms with Gasteiger partial charge >= 0.3 is 12.1 Å². The molecule has 2 heterocycles. The van der Waals surface area contributed by atoms with Crippen LogP contribution in [0.15, 0.2) is 34.9 Å². The number of rotatable bonds is 9. The molecule has 1 amide bonds. The summed E-state index contributed by atoms with van der Waals surface area (Å²) in [6.45, 7) is 9.93. The van der Waals surface area contributed by atoms with Crippen molar-refractivity contribution >= 4 is 24.0 Å². The molecule has 2 rings (SSSR count). The zero-order chi connectivity index (χ0) is 23.6. The lowest BCUT2D eigenvalue weighted by molar-refractivity contribution is -0.142. The predicted molar refractivity (Wildman–Crippen MR) is 125 cm³/mol. The number of ether oxygens (including phenoxy) is 3. The van der Waals surface area contributed by atoms with Crippen LogP contribution < -0.4 is 10.1 Å². The van der Waals surface area contributed by atoms with Crippen molar-refractivity contribution in [3.63, 3.8) is 0 Å². The van der Waals surface area contributed by atoms with E-state index >= 15 is 0 Å². The number of alkyl carbamates (subject to hydrolysis) is 1. The predicted octanol–water partition coefficient (Wildman–Crippen LogP) is 4.21. The molecule has 8 nitrogen and oxygen atoms in total. The largest absolute Gasteiger partial charge is 0.473 e. The van der Waals surface area contributed by atoms with Crippen LogP contribution in [0.2, 0.25) is 0 Å². The third-order valence-electron chi connectivity index (χ3n) is 4.87. The zero-order valence-corrected chi connectivity index (χ0v) is 20.5. The second kappa shape index (κ2) is 12.7. The van der Waals surface area contributed by atoms with Gasteiger partial charge in [-0.1, -0.05) is 6.08 Å². The van der Waals surface area contributed by atoms with Gasteiger partial charge in [0.1, 0.15) is 12.2 Å². The Morgan fingerprint density at radius 3 is 2.56 bits per heavy atom. The number of hydrogen-bond acceptors (Lipinski definition) is 8. The van der Waals surface area contributed by atoms with Gasteiger partial charge in [-0.2, -0.15) is 0 Å². The molecule has 32 heavy (non-hydrogen) atoms. The number of amides is 1. The van der Waals surface area contributed by atoms with Crippen LogP contribution in [0.4, 0.5) is 4.79 Å². The van der Waals surface area contributed by atoms with Crippen molar-refractivity contribution < 1.29 is 23.8 Å². The Morgan fingerprint density at radius 2 is 2.00 bits per heavy atom. The first-order valence-corrected chi connectivity index (χ1v) is 11.7. The van der Waals surface area contributed by atoms with Gasteiger partial charge in [-0.3, -0.25) is 4.79 Å². The average molecular weight is 466 g/mol. The van der Waals surface area contributed by atoms with E-state index in [1.165, 1.54) is 7.11 Å². The van der Waals surface area contributed by atoms with Gasteiger partial charge in [0.25, 0.3) is 0 Å². The summed E-state index contributed by atoms with van der Waals surface area (Å²) in [4.78, 5) is 28.7. The van der Waals surface area contributed by atoms with Crippen LogP contribution in [0.1, 0.15) is 47.0 Å². The highest BCUT2D eigenvalue weighted by molar-refractivity contribution is 7.97. The summed E-state index contributed by atoms with van der Waals surface area (Å²) in [7, 11) is 1.44. The Morgan fingerprint density at radius 1 is 1.28 bits per heavy atom. The van der Waals surface area contributed by atoms with E-state index in [2.05, 4.69) is 14.6 Å². The molecule has 0 unspecified atom stereocenters. The first-order valence-electron chi connectivity index (χ1n) is 10.9. The Bertz CT molecular complexity index is 769. The first-order chi connectivity index (χ1) is 15.2. The molecule has 1 fully saturated rings. The van der Waals surface area contributed by atoms with Crippen molar-refractivity contribution in [2.75, 3.05) is 33.4 Å². The van der Waals surface area contributed by atoms with Gasteiger partial charge in [0, 0.05) is 43.2 Å². The number of piperidine rings is 1. The topological polar surface area (TPSA) is 90.0 Å². The molecule has 1 aromatic heterocycles. The van der Waals surface area contributed by atoms with Crippen LogP contribution in [0, 0.1) is 5.92 Å². The monoisotopic (exact) mass is 465 g/mol. The maximum atomic E-state index is 11.8. The van der Waals surface area contributed by atoms with Crippen molar-refractivity contribution in [3.8, 4) is 5.88 Å². The van der Waals surface area contributed by atoms with Crippen LogP contribution in [-0.4, -0.2) is 60.3 Å². The van der Waals surface area contributed by atoms with Crippen LogP contribution >= 0.6 is 11.9 Å². The number of carbonyl (C=O) groups is 2. The number of nitrogens with one attached hydrogen (secondary N) is 1. The summed E-state index contributed by atoms with van der Waals surface area (Å²) in [5.74, 6) is 0.805. The van der Waals surface area contributed by atoms with Gasteiger partial charge < -0.3 is 19.5 Å². The van der Waals surface area contributed by atoms with E-state index in [-0.39, 0.29) is 5.97 Å². The maximum absolute atomic E-state index is 11.8. The van der Waals surface area contributed by atoms with Gasteiger partial charge in [0.05, 0.1) is 7.11 Å². The fourth-order valence-electron chi connectivity index (χ4n) is 3.08. The third-order valence-corrected chi connectivity index (χ3v) is 5.95. The van der Waals surface area contributed by atoms with Crippen molar-refractivity contribution in [2.45, 2.75) is 57.5 Å². The summed E-state index contributed by atoms with van der Waals surface area (Å²) in [5.41, 5.74) is 0.394. The summed E-state index contributed by atoms with van der Waals surface area (Å²) >= 11 is 1.67. The first kappa shape index (κ1) is 26.0. The summed E-state index contributed by atoms with van der Waals surface area (Å²) < 4.78 is 18.1. The number of pyridine rings is 1. The lowest BCUT2D eigenvalue weighted by Gasteiger charge is -2.30.